The molecule has 0 bridgehead atoms. The highest BCUT2D eigenvalue weighted by molar-refractivity contribution is 5.75. The van der Waals surface area contributed by atoms with Gasteiger partial charge in [-0.25, -0.2) is 4.79 Å². The molecule has 4 heteroatoms. The van der Waals surface area contributed by atoms with E-state index in [2.05, 4.69) is 22.0 Å². The number of hydrogen-bond donors (Lipinski definition) is 1. The molecule has 0 aromatic carbocycles. The van der Waals surface area contributed by atoms with Crippen molar-refractivity contribution in [2.45, 2.75) is 57.5 Å². The number of carbonyl (C=O) groups is 1. The third kappa shape index (κ3) is 3.22. The first-order valence-corrected chi connectivity index (χ1v) is 8.03. The minimum Gasteiger partial charge on any atom is -0.325 e. The van der Waals surface area contributed by atoms with Crippen molar-refractivity contribution in [1.82, 2.24) is 15.1 Å². The first kappa shape index (κ1) is 13.2. The van der Waals surface area contributed by atoms with E-state index in [1.54, 1.807) is 0 Å². The van der Waals surface area contributed by atoms with E-state index in [-0.39, 0.29) is 0 Å². The van der Waals surface area contributed by atoms with Crippen LogP contribution in [0.2, 0.25) is 0 Å². The van der Waals surface area contributed by atoms with Crippen molar-refractivity contribution in [2.75, 3.05) is 26.2 Å². The first-order chi connectivity index (χ1) is 9.24. The molecular formula is C15H27N3O. The van der Waals surface area contributed by atoms with E-state index in [0.29, 0.717) is 18.1 Å². The number of hydrogen-bond acceptors (Lipinski definition) is 2. The normalized spacial score (nSPS) is 28.7. The molecule has 2 amide bonds. The summed E-state index contributed by atoms with van der Waals surface area (Å²) in [6, 6.07) is 1.38. The highest BCUT2D eigenvalue weighted by atomic mass is 16.2. The molecular weight excluding hydrogens is 238 g/mol. The van der Waals surface area contributed by atoms with Crippen molar-refractivity contribution in [1.29, 1.82) is 0 Å². The molecule has 0 spiro atoms. The molecule has 0 radical (unpaired) electrons. The lowest BCUT2D eigenvalue weighted by Gasteiger charge is -2.36. The fourth-order valence-electron chi connectivity index (χ4n) is 3.30. The highest BCUT2D eigenvalue weighted by Gasteiger charge is 2.37. The standard InChI is InChI=1S/C15H27N3O/c1-12-6-9-17(10-7-12)15(19)18(14-4-5-14)11-13-3-2-8-16-13/h12-14,16H,2-11H2,1H3. The second kappa shape index (κ2) is 5.70. The molecule has 2 aliphatic heterocycles. The predicted molar refractivity (Wildman–Crippen MR) is 76.1 cm³/mol. The van der Waals surface area contributed by atoms with Crippen LogP contribution in [0.15, 0.2) is 0 Å². The summed E-state index contributed by atoms with van der Waals surface area (Å²) < 4.78 is 0. The fraction of sp³-hybridized carbons (Fsp3) is 0.933. The van der Waals surface area contributed by atoms with Crippen molar-refractivity contribution in [2.24, 2.45) is 5.92 Å². The lowest BCUT2D eigenvalue weighted by atomic mass is 9.99. The van der Waals surface area contributed by atoms with Crippen molar-refractivity contribution < 1.29 is 4.79 Å². The van der Waals surface area contributed by atoms with Crippen LogP contribution in [0.5, 0.6) is 0 Å². The molecule has 0 aromatic heterocycles. The van der Waals surface area contributed by atoms with E-state index in [0.717, 1.165) is 32.1 Å². The summed E-state index contributed by atoms with van der Waals surface area (Å²) in [6.45, 7) is 6.26. The number of amides is 2. The highest BCUT2D eigenvalue weighted by Crippen LogP contribution is 2.29. The van der Waals surface area contributed by atoms with Gasteiger partial charge in [-0.1, -0.05) is 6.92 Å². The van der Waals surface area contributed by atoms with E-state index in [4.69, 9.17) is 0 Å². The molecule has 1 aliphatic carbocycles. The van der Waals surface area contributed by atoms with Crippen molar-refractivity contribution in [3.63, 3.8) is 0 Å². The summed E-state index contributed by atoms with van der Waals surface area (Å²) >= 11 is 0. The second-order valence-electron chi connectivity index (χ2n) is 6.63. The molecule has 3 aliphatic rings. The average Bonchev–Trinajstić information content (AvgIpc) is 3.13. The van der Waals surface area contributed by atoms with Crippen LogP contribution < -0.4 is 5.32 Å². The predicted octanol–water partition coefficient (Wildman–Crippen LogP) is 2.05. The van der Waals surface area contributed by atoms with Gasteiger partial charge >= 0.3 is 6.03 Å². The second-order valence-corrected chi connectivity index (χ2v) is 6.63. The van der Waals surface area contributed by atoms with E-state index >= 15 is 0 Å². The molecule has 1 N–H and O–H groups in total. The summed E-state index contributed by atoms with van der Waals surface area (Å²) in [7, 11) is 0. The van der Waals surface area contributed by atoms with E-state index in [1.807, 2.05) is 0 Å². The van der Waals surface area contributed by atoms with Crippen molar-refractivity contribution >= 4 is 6.03 Å². The van der Waals surface area contributed by atoms with E-state index < -0.39 is 0 Å². The maximum absolute atomic E-state index is 12.7. The Morgan fingerprint density at radius 3 is 2.53 bits per heavy atom. The van der Waals surface area contributed by atoms with Crippen LogP contribution in [0.4, 0.5) is 4.79 Å². The number of nitrogens with zero attached hydrogens (tertiary/aromatic N) is 2. The Kier molecular flexibility index (Phi) is 3.96. The van der Waals surface area contributed by atoms with Gasteiger partial charge in [0, 0.05) is 31.7 Å². The van der Waals surface area contributed by atoms with Gasteiger partial charge in [0.25, 0.3) is 0 Å². The summed E-state index contributed by atoms with van der Waals surface area (Å²) in [6.07, 6.45) is 7.26. The van der Waals surface area contributed by atoms with Crippen LogP contribution in [0.25, 0.3) is 0 Å². The summed E-state index contributed by atoms with van der Waals surface area (Å²) in [5.74, 6) is 0.787. The average molecular weight is 265 g/mol. The Bertz CT molecular complexity index is 315. The van der Waals surface area contributed by atoms with Gasteiger partial charge in [-0.15, -0.1) is 0 Å². The lowest BCUT2D eigenvalue weighted by Crippen LogP contribution is -2.50. The summed E-state index contributed by atoms with van der Waals surface area (Å²) in [5, 5.41) is 3.52. The molecule has 0 aromatic rings. The Hall–Kier alpha value is -0.770. The Labute approximate surface area is 116 Å². The van der Waals surface area contributed by atoms with Gasteiger partial charge in [0.1, 0.15) is 0 Å². The molecule has 2 heterocycles. The monoisotopic (exact) mass is 265 g/mol. The van der Waals surface area contributed by atoms with Crippen molar-refractivity contribution in [3.05, 3.63) is 0 Å². The Balaban J connectivity index is 1.57. The molecule has 3 fully saturated rings. The maximum Gasteiger partial charge on any atom is 0.320 e. The minimum absolute atomic E-state index is 0.308. The summed E-state index contributed by atoms with van der Waals surface area (Å²) in [5.41, 5.74) is 0. The summed E-state index contributed by atoms with van der Waals surface area (Å²) in [4.78, 5) is 17.0. The van der Waals surface area contributed by atoms with E-state index in [1.165, 1.54) is 38.5 Å². The van der Waals surface area contributed by atoms with Crippen molar-refractivity contribution in [3.8, 4) is 0 Å². The van der Waals surface area contributed by atoms with Gasteiger partial charge in [0.2, 0.25) is 0 Å². The van der Waals surface area contributed by atoms with Gasteiger partial charge in [0.05, 0.1) is 0 Å². The van der Waals surface area contributed by atoms with Gasteiger partial charge in [-0.05, 0) is 51.0 Å². The third-order valence-corrected chi connectivity index (χ3v) is 4.87. The zero-order valence-electron chi connectivity index (χ0n) is 12.1. The zero-order chi connectivity index (χ0) is 13.2. The molecule has 1 atom stereocenters. The third-order valence-electron chi connectivity index (χ3n) is 4.87. The lowest BCUT2D eigenvalue weighted by molar-refractivity contribution is 0.128. The van der Waals surface area contributed by atoms with Crippen LogP contribution in [0.1, 0.15) is 45.4 Å². The topological polar surface area (TPSA) is 35.6 Å². The molecule has 4 nitrogen and oxygen atoms in total. The first-order valence-electron chi connectivity index (χ1n) is 8.03. The Morgan fingerprint density at radius 1 is 1.21 bits per heavy atom. The van der Waals surface area contributed by atoms with Crippen LogP contribution in [-0.2, 0) is 0 Å². The largest absolute Gasteiger partial charge is 0.325 e. The van der Waals surface area contributed by atoms with Gasteiger partial charge in [-0.2, -0.15) is 0 Å². The number of urea groups is 1. The van der Waals surface area contributed by atoms with Gasteiger partial charge in [0.15, 0.2) is 0 Å². The maximum atomic E-state index is 12.7. The SMILES string of the molecule is CC1CCN(C(=O)N(CC2CCCN2)C2CC2)CC1. The molecule has 19 heavy (non-hydrogen) atoms. The molecule has 1 saturated carbocycles. The zero-order valence-corrected chi connectivity index (χ0v) is 12.1. The molecule has 3 rings (SSSR count). The quantitative estimate of drug-likeness (QED) is 0.848. The van der Waals surface area contributed by atoms with Crippen LogP contribution >= 0.6 is 0 Å². The minimum atomic E-state index is 0.308. The number of carbonyl (C=O) groups excluding carboxylic acids is 1. The van der Waals surface area contributed by atoms with Gasteiger partial charge < -0.3 is 15.1 Å². The van der Waals surface area contributed by atoms with E-state index in [9.17, 15) is 4.79 Å². The molecule has 108 valence electrons. The van der Waals surface area contributed by atoms with Crippen LogP contribution in [0, 0.1) is 5.92 Å². The number of nitrogens with one attached hydrogen (secondary N) is 1. The number of likely N-dealkylation sites (tertiary alicyclic amines) is 1. The molecule has 2 saturated heterocycles. The number of rotatable bonds is 3. The fourth-order valence-corrected chi connectivity index (χ4v) is 3.30. The van der Waals surface area contributed by atoms with Gasteiger partial charge in [-0.3, -0.25) is 0 Å². The smallest absolute Gasteiger partial charge is 0.320 e. The van der Waals surface area contributed by atoms with Crippen LogP contribution in [0.3, 0.4) is 0 Å². The number of piperidine rings is 1. The molecule has 1 unspecified atom stereocenters. The Morgan fingerprint density at radius 2 is 1.95 bits per heavy atom. The van der Waals surface area contributed by atoms with Crippen LogP contribution in [-0.4, -0.2) is 54.1 Å².